The molecule has 1 heterocycles. The summed E-state index contributed by atoms with van der Waals surface area (Å²) in [4.78, 5) is 4.30. The van der Waals surface area contributed by atoms with E-state index in [-0.39, 0.29) is 0 Å². The summed E-state index contributed by atoms with van der Waals surface area (Å²) in [5, 5.41) is 3.51. The summed E-state index contributed by atoms with van der Waals surface area (Å²) in [6, 6.07) is 7.21. The zero-order chi connectivity index (χ0) is 8.39. The maximum Gasteiger partial charge on any atom is 0.0570 e. The van der Waals surface area contributed by atoms with Gasteiger partial charge in [-0.3, -0.25) is 4.98 Å². The fourth-order valence-electron chi connectivity index (χ4n) is 1.32. The number of aromatic nitrogens is 1. The predicted octanol–water partition coefficient (Wildman–Crippen LogP) is 1.89. The van der Waals surface area contributed by atoms with E-state index >= 15 is 0 Å². The molecule has 1 saturated carbocycles. The Kier molecular flexibility index (Phi) is 2.09. The molecule has 1 aliphatic rings. The van der Waals surface area contributed by atoms with E-state index in [0.717, 1.165) is 11.7 Å². The molecule has 1 aliphatic carbocycles. The fourth-order valence-corrected chi connectivity index (χ4v) is 1.32. The van der Waals surface area contributed by atoms with Gasteiger partial charge in [0.05, 0.1) is 5.69 Å². The number of pyridine rings is 1. The molecule has 0 bridgehead atoms. The van der Waals surface area contributed by atoms with Gasteiger partial charge in [-0.05, 0) is 31.9 Å². The molecule has 1 atom stereocenters. The number of nitrogens with zero attached hydrogens (tertiary/aromatic N) is 1. The number of hydrogen-bond acceptors (Lipinski definition) is 2. The molecule has 1 aromatic rings. The molecule has 1 fully saturated rings. The third kappa shape index (κ3) is 1.83. The van der Waals surface area contributed by atoms with Crippen molar-refractivity contribution >= 4 is 0 Å². The van der Waals surface area contributed by atoms with Gasteiger partial charge in [-0.1, -0.05) is 6.07 Å². The number of rotatable bonds is 3. The van der Waals surface area contributed by atoms with Gasteiger partial charge in [0.15, 0.2) is 0 Å². The standard InChI is InChI=1S/C10H14N2/c1-8(12-9-5-6-9)10-4-2-3-7-11-10/h2-4,7-9,12H,5-6H2,1H3/t8-/m1/s1. The van der Waals surface area contributed by atoms with Crippen LogP contribution < -0.4 is 5.32 Å². The molecule has 1 N–H and O–H groups in total. The van der Waals surface area contributed by atoms with Crippen molar-refractivity contribution in [1.29, 1.82) is 0 Å². The van der Waals surface area contributed by atoms with Crippen LogP contribution >= 0.6 is 0 Å². The molecular formula is C10H14N2. The highest BCUT2D eigenvalue weighted by Gasteiger charge is 2.23. The highest BCUT2D eigenvalue weighted by atomic mass is 15.0. The molecule has 0 aromatic carbocycles. The van der Waals surface area contributed by atoms with Gasteiger partial charge in [0.25, 0.3) is 0 Å². The third-order valence-electron chi connectivity index (χ3n) is 2.19. The van der Waals surface area contributed by atoms with E-state index in [1.165, 1.54) is 12.8 Å². The van der Waals surface area contributed by atoms with Gasteiger partial charge in [0, 0.05) is 18.3 Å². The second-order valence-electron chi connectivity index (χ2n) is 3.42. The molecule has 0 aliphatic heterocycles. The minimum Gasteiger partial charge on any atom is -0.306 e. The Morgan fingerprint density at radius 2 is 2.33 bits per heavy atom. The van der Waals surface area contributed by atoms with Crippen LogP contribution in [0.5, 0.6) is 0 Å². The Morgan fingerprint density at radius 3 is 2.92 bits per heavy atom. The highest BCUT2D eigenvalue weighted by Crippen LogP contribution is 2.22. The van der Waals surface area contributed by atoms with Gasteiger partial charge in [0.2, 0.25) is 0 Å². The smallest absolute Gasteiger partial charge is 0.0570 e. The normalized spacial score (nSPS) is 19.1. The van der Waals surface area contributed by atoms with Crippen molar-refractivity contribution in [2.75, 3.05) is 0 Å². The van der Waals surface area contributed by atoms with Crippen LogP contribution in [0.25, 0.3) is 0 Å². The molecule has 1 aromatic heterocycles. The Labute approximate surface area is 73.0 Å². The summed E-state index contributed by atoms with van der Waals surface area (Å²) < 4.78 is 0. The van der Waals surface area contributed by atoms with Crippen molar-refractivity contribution in [3.05, 3.63) is 30.1 Å². The molecule has 0 radical (unpaired) electrons. The van der Waals surface area contributed by atoms with Gasteiger partial charge >= 0.3 is 0 Å². The summed E-state index contributed by atoms with van der Waals surface area (Å²) in [5.41, 5.74) is 1.14. The monoisotopic (exact) mass is 162 g/mol. The molecule has 0 amide bonds. The van der Waals surface area contributed by atoms with Crippen LogP contribution in [-0.4, -0.2) is 11.0 Å². The van der Waals surface area contributed by atoms with E-state index in [1.54, 1.807) is 0 Å². The largest absolute Gasteiger partial charge is 0.306 e. The Hall–Kier alpha value is -0.890. The Balaban J connectivity index is 1.98. The van der Waals surface area contributed by atoms with Gasteiger partial charge < -0.3 is 5.32 Å². The van der Waals surface area contributed by atoms with E-state index < -0.39 is 0 Å². The number of nitrogens with one attached hydrogen (secondary N) is 1. The average molecular weight is 162 g/mol. The van der Waals surface area contributed by atoms with E-state index in [1.807, 2.05) is 18.3 Å². The summed E-state index contributed by atoms with van der Waals surface area (Å²) in [5.74, 6) is 0. The zero-order valence-electron chi connectivity index (χ0n) is 7.33. The lowest BCUT2D eigenvalue weighted by Gasteiger charge is -2.11. The van der Waals surface area contributed by atoms with Crippen LogP contribution in [0.15, 0.2) is 24.4 Å². The lowest BCUT2D eigenvalue weighted by atomic mass is 10.2. The van der Waals surface area contributed by atoms with E-state index in [4.69, 9.17) is 0 Å². The van der Waals surface area contributed by atoms with E-state index in [9.17, 15) is 0 Å². The van der Waals surface area contributed by atoms with Crippen molar-refractivity contribution in [1.82, 2.24) is 10.3 Å². The van der Waals surface area contributed by atoms with Crippen LogP contribution in [0.2, 0.25) is 0 Å². The number of hydrogen-bond donors (Lipinski definition) is 1. The zero-order valence-corrected chi connectivity index (χ0v) is 7.33. The summed E-state index contributed by atoms with van der Waals surface area (Å²) in [7, 11) is 0. The Morgan fingerprint density at radius 1 is 1.50 bits per heavy atom. The first kappa shape index (κ1) is 7.74. The molecule has 2 rings (SSSR count). The maximum atomic E-state index is 4.30. The first-order valence-corrected chi connectivity index (χ1v) is 4.53. The molecule has 0 saturated heterocycles. The van der Waals surface area contributed by atoms with Gasteiger partial charge in [-0.15, -0.1) is 0 Å². The highest BCUT2D eigenvalue weighted by molar-refractivity contribution is 5.08. The molecule has 64 valence electrons. The minimum atomic E-state index is 0.402. The Bertz CT molecular complexity index is 241. The third-order valence-corrected chi connectivity index (χ3v) is 2.19. The molecule has 0 unspecified atom stereocenters. The van der Waals surface area contributed by atoms with E-state index in [0.29, 0.717) is 6.04 Å². The topological polar surface area (TPSA) is 24.9 Å². The maximum absolute atomic E-state index is 4.30. The molecule has 0 spiro atoms. The first-order chi connectivity index (χ1) is 5.86. The van der Waals surface area contributed by atoms with Gasteiger partial charge in [-0.25, -0.2) is 0 Å². The first-order valence-electron chi connectivity index (χ1n) is 4.53. The molecule has 2 nitrogen and oxygen atoms in total. The average Bonchev–Trinajstić information content (AvgIpc) is 2.90. The van der Waals surface area contributed by atoms with Crippen molar-refractivity contribution < 1.29 is 0 Å². The van der Waals surface area contributed by atoms with Crippen molar-refractivity contribution in [3.63, 3.8) is 0 Å². The molecule has 12 heavy (non-hydrogen) atoms. The van der Waals surface area contributed by atoms with Crippen molar-refractivity contribution in [3.8, 4) is 0 Å². The van der Waals surface area contributed by atoms with Gasteiger partial charge in [-0.2, -0.15) is 0 Å². The van der Waals surface area contributed by atoms with Crippen molar-refractivity contribution in [2.45, 2.75) is 31.8 Å². The van der Waals surface area contributed by atoms with Crippen LogP contribution in [0.4, 0.5) is 0 Å². The summed E-state index contributed by atoms with van der Waals surface area (Å²) in [6.45, 7) is 2.17. The van der Waals surface area contributed by atoms with Gasteiger partial charge in [0.1, 0.15) is 0 Å². The summed E-state index contributed by atoms with van der Waals surface area (Å²) >= 11 is 0. The van der Waals surface area contributed by atoms with Crippen LogP contribution in [0, 0.1) is 0 Å². The van der Waals surface area contributed by atoms with Crippen LogP contribution in [-0.2, 0) is 0 Å². The fraction of sp³-hybridized carbons (Fsp3) is 0.500. The SMILES string of the molecule is C[C@@H](NC1CC1)c1ccccn1. The second-order valence-corrected chi connectivity index (χ2v) is 3.42. The van der Waals surface area contributed by atoms with Crippen LogP contribution in [0.1, 0.15) is 31.5 Å². The minimum absolute atomic E-state index is 0.402. The summed E-state index contributed by atoms with van der Waals surface area (Å²) in [6.07, 6.45) is 4.51. The molecule has 2 heteroatoms. The lowest BCUT2D eigenvalue weighted by molar-refractivity contribution is 0.558. The van der Waals surface area contributed by atoms with E-state index in [2.05, 4.69) is 23.3 Å². The quantitative estimate of drug-likeness (QED) is 0.734. The van der Waals surface area contributed by atoms with Crippen LogP contribution in [0.3, 0.4) is 0 Å². The molecular weight excluding hydrogens is 148 g/mol. The van der Waals surface area contributed by atoms with Crippen molar-refractivity contribution in [2.24, 2.45) is 0 Å². The second kappa shape index (κ2) is 3.23. The lowest BCUT2D eigenvalue weighted by Crippen LogP contribution is -2.21. The predicted molar refractivity (Wildman–Crippen MR) is 48.8 cm³/mol.